The van der Waals surface area contributed by atoms with E-state index >= 15 is 0 Å². The SMILES string of the molecule is CCCCCCCCCCCCCCCCOC(=O)C(C)[O-].CCCCCCCCCCCCCCCCOC(=O)C(C)[O-].[Ba+2]. The van der Waals surface area contributed by atoms with Gasteiger partial charge in [0.25, 0.3) is 11.9 Å². The van der Waals surface area contributed by atoms with Gasteiger partial charge in [-0.15, -0.1) is 0 Å². The van der Waals surface area contributed by atoms with Gasteiger partial charge in [-0.3, -0.25) is 9.59 Å². The molecule has 0 aliphatic heterocycles. The van der Waals surface area contributed by atoms with Crippen molar-refractivity contribution in [1.29, 1.82) is 0 Å². The molecule has 0 heterocycles. The third kappa shape index (κ3) is 44.4. The minimum atomic E-state index is -1.24. The summed E-state index contributed by atoms with van der Waals surface area (Å²) in [4.78, 5) is 21.9. The third-order valence-corrected chi connectivity index (χ3v) is 8.15. The smallest absolute Gasteiger partial charge is 0.844 e. The molecule has 0 saturated heterocycles. The van der Waals surface area contributed by atoms with Crippen LogP contribution in [0, 0.1) is 0 Å². The first-order valence-electron chi connectivity index (χ1n) is 19.0. The maximum absolute atomic E-state index is 10.9. The number of hydrogen-bond donors (Lipinski definition) is 0. The second-order valence-electron chi connectivity index (χ2n) is 12.8. The molecule has 0 aliphatic rings. The molecule has 0 aromatic heterocycles. The van der Waals surface area contributed by atoms with Crippen LogP contribution >= 0.6 is 0 Å². The van der Waals surface area contributed by atoms with Crippen molar-refractivity contribution in [3.63, 3.8) is 0 Å². The van der Waals surface area contributed by atoms with E-state index in [4.69, 9.17) is 9.47 Å². The molecule has 0 aromatic carbocycles. The average Bonchev–Trinajstić information content (AvgIpc) is 3.01. The van der Waals surface area contributed by atoms with E-state index in [1.54, 1.807) is 0 Å². The van der Waals surface area contributed by atoms with Crippen LogP contribution in [0.15, 0.2) is 0 Å². The molecular weight excluding hydrogens is 690 g/mol. The van der Waals surface area contributed by atoms with Crippen LogP contribution < -0.4 is 10.2 Å². The Labute approximate surface area is 320 Å². The summed E-state index contributed by atoms with van der Waals surface area (Å²) in [5, 5.41) is 21.5. The molecule has 2 atom stereocenters. The second-order valence-corrected chi connectivity index (χ2v) is 12.8. The van der Waals surface area contributed by atoms with Crippen LogP contribution in [0.4, 0.5) is 0 Å². The Morgan fingerprint density at radius 1 is 0.400 bits per heavy atom. The van der Waals surface area contributed by atoms with Gasteiger partial charge in [0.15, 0.2) is 0 Å². The van der Waals surface area contributed by atoms with Crippen molar-refractivity contribution in [2.45, 2.75) is 220 Å². The van der Waals surface area contributed by atoms with Crippen molar-refractivity contribution >= 4 is 60.8 Å². The van der Waals surface area contributed by atoms with E-state index in [0.717, 1.165) is 25.7 Å². The molecule has 264 valence electrons. The summed E-state index contributed by atoms with van der Waals surface area (Å²) >= 11 is 0. The minimum absolute atomic E-state index is 0. The Morgan fingerprint density at radius 2 is 0.578 bits per heavy atom. The molecule has 0 aromatic rings. The summed E-state index contributed by atoms with van der Waals surface area (Å²) in [6.45, 7) is 7.99. The molecule has 0 bridgehead atoms. The van der Waals surface area contributed by atoms with Gasteiger partial charge in [-0.05, 0) is 25.0 Å². The van der Waals surface area contributed by atoms with Crippen molar-refractivity contribution < 1.29 is 29.3 Å². The van der Waals surface area contributed by atoms with Crippen LogP contribution in [0.1, 0.15) is 207 Å². The van der Waals surface area contributed by atoms with Gasteiger partial charge in [-0.25, -0.2) is 0 Å². The molecule has 0 radical (unpaired) electrons. The van der Waals surface area contributed by atoms with Gasteiger partial charge in [0, 0.05) is 0 Å². The molecule has 0 rings (SSSR count). The fraction of sp³-hybridized carbons (Fsp3) is 0.947. The summed E-state index contributed by atoms with van der Waals surface area (Å²) < 4.78 is 9.72. The van der Waals surface area contributed by atoms with Gasteiger partial charge in [-0.1, -0.05) is 195 Å². The van der Waals surface area contributed by atoms with E-state index in [9.17, 15) is 19.8 Å². The van der Waals surface area contributed by atoms with Gasteiger partial charge in [0.05, 0.1) is 13.2 Å². The monoisotopic (exact) mass is 764 g/mol. The predicted molar refractivity (Wildman–Crippen MR) is 187 cm³/mol. The molecule has 0 spiro atoms. The fourth-order valence-corrected chi connectivity index (χ4v) is 5.17. The number of hydrogen-bond acceptors (Lipinski definition) is 6. The molecule has 0 N–H and O–H groups in total. The molecule has 0 amide bonds. The summed E-state index contributed by atoms with van der Waals surface area (Å²) in [6, 6.07) is 0. The van der Waals surface area contributed by atoms with Crippen LogP contribution in [0.25, 0.3) is 0 Å². The van der Waals surface area contributed by atoms with Crippen molar-refractivity contribution in [2.75, 3.05) is 13.2 Å². The minimum Gasteiger partial charge on any atom is -0.844 e. The topological polar surface area (TPSA) is 98.7 Å². The van der Waals surface area contributed by atoms with Crippen molar-refractivity contribution in [1.82, 2.24) is 0 Å². The van der Waals surface area contributed by atoms with E-state index in [0.29, 0.717) is 13.2 Å². The number of carbonyl (C=O) groups is 2. The third-order valence-electron chi connectivity index (χ3n) is 8.15. The molecule has 0 saturated carbocycles. The zero-order valence-corrected chi connectivity index (χ0v) is 35.0. The van der Waals surface area contributed by atoms with Crippen LogP contribution in [0.2, 0.25) is 0 Å². The summed E-state index contributed by atoms with van der Waals surface area (Å²) in [7, 11) is 0. The number of esters is 2. The van der Waals surface area contributed by atoms with Crippen LogP contribution in [-0.4, -0.2) is 86.2 Å². The first-order valence-corrected chi connectivity index (χ1v) is 19.0. The largest absolute Gasteiger partial charge is 2.00 e. The first kappa shape index (κ1) is 49.8. The molecular formula is C38H74BaO6. The van der Waals surface area contributed by atoms with E-state index in [-0.39, 0.29) is 48.9 Å². The summed E-state index contributed by atoms with van der Waals surface area (Å²) in [6.07, 6.45) is 34.2. The first-order chi connectivity index (χ1) is 21.4. The number of rotatable bonds is 32. The van der Waals surface area contributed by atoms with Crippen molar-refractivity contribution in [3.05, 3.63) is 0 Å². The Morgan fingerprint density at radius 3 is 0.756 bits per heavy atom. The number of ether oxygens (including phenoxy) is 2. The standard InChI is InChI=1S/2C19H37O3.Ba/c2*1-3-4-5-6-7-8-9-10-11-12-13-14-15-16-17-22-19(21)18(2)20;/h2*18H,3-17H2,1-2H3;/q2*-1;+2. The summed E-state index contributed by atoms with van der Waals surface area (Å²) in [5.41, 5.74) is 0. The maximum atomic E-state index is 10.9. The molecule has 45 heavy (non-hydrogen) atoms. The van der Waals surface area contributed by atoms with E-state index in [2.05, 4.69) is 13.8 Å². The van der Waals surface area contributed by atoms with E-state index < -0.39 is 24.1 Å². The Hall–Kier alpha value is 0.431. The molecule has 6 nitrogen and oxygen atoms in total. The van der Waals surface area contributed by atoms with Gasteiger partial charge in [-0.2, -0.15) is 0 Å². The summed E-state index contributed by atoms with van der Waals surface area (Å²) in [5.74, 6) is -1.23. The van der Waals surface area contributed by atoms with Crippen molar-refractivity contribution in [2.24, 2.45) is 0 Å². The zero-order chi connectivity index (χ0) is 32.9. The van der Waals surface area contributed by atoms with Gasteiger partial charge in [0.2, 0.25) is 0 Å². The van der Waals surface area contributed by atoms with Gasteiger partial charge >= 0.3 is 48.9 Å². The van der Waals surface area contributed by atoms with Gasteiger partial charge < -0.3 is 19.7 Å². The normalized spacial score (nSPS) is 12.0. The van der Waals surface area contributed by atoms with E-state index in [1.807, 2.05) is 0 Å². The quantitative estimate of drug-likeness (QED) is 0.0385. The van der Waals surface area contributed by atoms with Crippen LogP contribution in [0.3, 0.4) is 0 Å². The number of unbranched alkanes of at least 4 members (excludes halogenated alkanes) is 26. The Kier molecular flexibility index (Phi) is 47.0. The molecule has 2 unspecified atom stereocenters. The fourth-order valence-electron chi connectivity index (χ4n) is 5.17. The zero-order valence-electron chi connectivity index (χ0n) is 30.5. The van der Waals surface area contributed by atoms with Crippen LogP contribution in [0.5, 0.6) is 0 Å². The van der Waals surface area contributed by atoms with Crippen molar-refractivity contribution in [3.8, 4) is 0 Å². The molecule has 0 fully saturated rings. The molecule has 0 aliphatic carbocycles. The second kappa shape index (κ2) is 42.5. The predicted octanol–water partition coefficient (Wildman–Crippen LogP) is 9.14. The van der Waals surface area contributed by atoms with E-state index in [1.165, 1.54) is 168 Å². The number of carbonyl (C=O) groups excluding carboxylic acids is 2. The average molecular weight is 764 g/mol. The van der Waals surface area contributed by atoms with Gasteiger partial charge in [0.1, 0.15) is 0 Å². The maximum Gasteiger partial charge on any atom is 2.00 e. The Balaban J connectivity index is -0.000000767. The van der Waals surface area contributed by atoms with Crippen LogP contribution in [-0.2, 0) is 19.1 Å². The Bertz CT molecular complexity index is 535. The molecule has 7 heteroatoms.